The molecule has 2 N–H and O–H groups in total. The number of nitro groups is 1. The summed E-state index contributed by atoms with van der Waals surface area (Å²) < 4.78 is 13.2. The maximum Gasteiger partial charge on any atom is 0.338 e. The van der Waals surface area contributed by atoms with E-state index in [-0.39, 0.29) is 16.1 Å². The number of nitro benzene ring substituents is 1. The van der Waals surface area contributed by atoms with Gasteiger partial charge in [-0.3, -0.25) is 14.9 Å². The smallest absolute Gasteiger partial charge is 0.338 e. The molecule has 108 valence electrons. The molecule has 0 aliphatic rings. The van der Waals surface area contributed by atoms with E-state index in [1.165, 1.54) is 11.4 Å². The molecule has 0 saturated heterocycles. The number of amides is 1. The van der Waals surface area contributed by atoms with Crippen LogP contribution in [0.2, 0.25) is 0 Å². The highest BCUT2D eigenvalue weighted by atomic mass is 32.1. The SMILES string of the molecule is O=C(Nc1sccc1C(=O)O)c1ccc(F)c([N+](=O)[O-])c1. The van der Waals surface area contributed by atoms with Crippen molar-refractivity contribution in [2.24, 2.45) is 0 Å². The van der Waals surface area contributed by atoms with Gasteiger partial charge in [-0.25, -0.2) is 4.79 Å². The summed E-state index contributed by atoms with van der Waals surface area (Å²) >= 11 is 0.994. The van der Waals surface area contributed by atoms with E-state index < -0.39 is 28.3 Å². The van der Waals surface area contributed by atoms with Gasteiger partial charge in [-0.15, -0.1) is 11.3 Å². The van der Waals surface area contributed by atoms with Crippen molar-refractivity contribution in [2.45, 2.75) is 0 Å². The van der Waals surface area contributed by atoms with E-state index in [0.717, 1.165) is 29.5 Å². The zero-order valence-corrected chi connectivity index (χ0v) is 11.0. The molecule has 0 atom stereocenters. The van der Waals surface area contributed by atoms with Crippen LogP contribution in [-0.2, 0) is 0 Å². The van der Waals surface area contributed by atoms with Gasteiger partial charge >= 0.3 is 11.7 Å². The highest BCUT2D eigenvalue weighted by molar-refractivity contribution is 7.14. The lowest BCUT2D eigenvalue weighted by Gasteiger charge is -2.04. The summed E-state index contributed by atoms with van der Waals surface area (Å²) in [6.45, 7) is 0. The van der Waals surface area contributed by atoms with Gasteiger partial charge in [0.2, 0.25) is 5.82 Å². The minimum Gasteiger partial charge on any atom is -0.478 e. The van der Waals surface area contributed by atoms with Gasteiger partial charge in [0, 0.05) is 11.6 Å². The zero-order chi connectivity index (χ0) is 15.6. The quantitative estimate of drug-likeness (QED) is 0.666. The van der Waals surface area contributed by atoms with Crippen LogP contribution in [0, 0.1) is 15.9 Å². The molecule has 1 aromatic heterocycles. The van der Waals surface area contributed by atoms with Crippen LogP contribution >= 0.6 is 11.3 Å². The van der Waals surface area contributed by atoms with Crippen LogP contribution in [0.3, 0.4) is 0 Å². The van der Waals surface area contributed by atoms with Crippen LogP contribution in [0.5, 0.6) is 0 Å². The standard InChI is InChI=1S/C12H7FN2O5S/c13-8-2-1-6(5-9(8)15(19)20)10(16)14-11-7(12(17)18)3-4-21-11/h1-5H,(H,14,16)(H,17,18). The van der Waals surface area contributed by atoms with Crippen molar-refractivity contribution in [1.82, 2.24) is 0 Å². The van der Waals surface area contributed by atoms with Crippen molar-refractivity contribution >= 4 is 33.9 Å². The summed E-state index contributed by atoms with van der Waals surface area (Å²) in [4.78, 5) is 32.5. The molecule has 0 aliphatic carbocycles. The van der Waals surface area contributed by atoms with E-state index in [2.05, 4.69) is 5.32 Å². The van der Waals surface area contributed by atoms with Crippen molar-refractivity contribution in [3.63, 3.8) is 0 Å². The first-order valence-electron chi connectivity index (χ1n) is 5.46. The number of carboxylic acids is 1. The maximum absolute atomic E-state index is 13.2. The van der Waals surface area contributed by atoms with Gasteiger partial charge in [-0.2, -0.15) is 4.39 Å². The molecule has 0 spiro atoms. The number of hydrogen-bond acceptors (Lipinski definition) is 5. The van der Waals surface area contributed by atoms with Crippen molar-refractivity contribution in [2.75, 3.05) is 5.32 Å². The number of nitrogens with zero attached hydrogens (tertiary/aromatic N) is 1. The molecular formula is C12H7FN2O5S. The average molecular weight is 310 g/mol. The number of halogens is 1. The fourth-order valence-corrected chi connectivity index (χ4v) is 2.32. The number of aromatic carboxylic acids is 1. The number of carbonyl (C=O) groups is 2. The summed E-state index contributed by atoms with van der Waals surface area (Å²) in [6, 6.07) is 3.99. The van der Waals surface area contributed by atoms with Gasteiger partial charge in [0.05, 0.1) is 10.5 Å². The minimum absolute atomic E-state index is 0.0926. The van der Waals surface area contributed by atoms with Crippen LogP contribution in [0.25, 0.3) is 0 Å². The maximum atomic E-state index is 13.2. The molecule has 0 fully saturated rings. The molecule has 2 aromatic rings. The van der Waals surface area contributed by atoms with Gasteiger partial charge in [0.1, 0.15) is 5.00 Å². The zero-order valence-electron chi connectivity index (χ0n) is 10.2. The summed E-state index contributed by atoms with van der Waals surface area (Å²) in [7, 11) is 0. The summed E-state index contributed by atoms with van der Waals surface area (Å²) in [6.07, 6.45) is 0. The number of rotatable bonds is 4. The second kappa shape index (κ2) is 5.67. The Morgan fingerprint density at radius 2 is 2.05 bits per heavy atom. The number of benzene rings is 1. The van der Waals surface area contributed by atoms with Gasteiger partial charge in [-0.05, 0) is 23.6 Å². The fraction of sp³-hybridized carbons (Fsp3) is 0. The Morgan fingerprint density at radius 1 is 1.33 bits per heavy atom. The van der Waals surface area contributed by atoms with E-state index in [1.54, 1.807) is 0 Å². The lowest BCUT2D eigenvalue weighted by Crippen LogP contribution is -2.13. The molecule has 0 saturated carbocycles. The monoisotopic (exact) mass is 310 g/mol. The van der Waals surface area contributed by atoms with E-state index >= 15 is 0 Å². The molecule has 0 aliphatic heterocycles. The number of anilines is 1. The Balaban J connectivity index is 2.29. The Hall–Kier alpha value is -2.81. The van der Waals surface area contributed by atoms with E-state index in [4.69, 9.17) is 5.11 Å². The van der Waals surface area contributed by atoms with E-state index in [9.17, 15) is 24.1 Å². The first kappa shape index (κ1) is 14.6. The normalized spacial score (nSPS) is 10.1. The second-order valence-electron chi connectivity index (χ2n) is 3.85. The Morgan fingerprint density at radius 3 is 2.67 bits per heavy atom. The van der Waals surface area contributed by atoms with Crippen LogP contribution in [-0.4, -0.2) is 21.9 Å². The number of hydrogen-bond donors (Lipinski definition) is 2. The number of nitrogens with one attached hydrogen (secondary N) is 1. The predicted molar refractivity (Wildman–Crippen MR) is 72.3 cm³/mol. The predicted octanol–water partition coefficient (Wildman–Crippen LogP) is 2.75. The van der Waals surface area contributed by atoms with Crippen molar-refractivity contribution in [3.05, 3.63) is 56.7 Å². The van der Waals surface area contributed by atoms with Crippen molar-refractivity contribution in [1.29, 1.82) is 0 Å². The molecule has 1 aromatic carbocycles. The van der Waals surface area contributed by atoms with E-state index in [1.807, 2.05) is 0 Å². The van der Waals surface area contributed by atoms with Gasteiger partial charge in [-0.1, -0.05) is 0 Å². The molecule has 7 nitrogen and oxygen atoms in total. The first-order chi connectivity index (χ1) is 9.90. The van der Waals surface area contributed by atoms with Crippen molar-refractivity contribution < 1.29 is 24.0 Å². The minimum atomic E-state index is -1.21. The highest BCUT2D eigenvalue weighted by Gasteiger charge is 2.19. The molecule has 1 heterocycles. The largest absolute Gasteiger partial charge is 0.478 e. The molecule has 1 amide bonds. The second-order valence-corrected chi connectivity index (χ2v) is 4.76. The first-order valence-corrected chi connectivity index (χ1v) is 6.34. The molecule has 0 bridgehead atoms. The van der Waals surface area contributed by atoms with Gasteiger partial charge in [0.25, 0.3) is 5.91 Å². The Labute approximate surface area is 120 Å². The van der Waals surface area contributed by atoms with Crippen LogP contribution in [0.1, 0.15) is 20.7 Å². The third-order valence-corrected chi connectivity index (χ3v) is 3.36. The summed E-state index contributed by atoms with van der Waals surface area (Å²) in [5, 5.41) is 23.4. The van der Waals surface area contributed by atoms with Gasteiger partial charge in [0.15, 0.2) is 0 Å². The average Bonchev–Trinajstić information content (AvgIpc) is 2.87. The molecule has 0 unspecified atom stereocenters. The highest BCUT2D eigenvalue weighted by Crippen LogP contribution is 2.25. The van der Waals surface area contributed by atoms with E-state index in [0.29, 0.717) is 0 Å². The van der Waals surface area contributed by atoms with Crippen molar-refractivity contribution in [3.8, 4) is 0 Å². The summed E-state index contributed by atoms with van der Waals surface area (Å²) in [5.41, 5.74) is -1.06. The van der Waals surface area contributed by atoms with Crippen LogP contribution in [0.4, 0.5) is 15.1 Å². The molecule has 0 radical (unpaired) electrons. The molecule has 9 heteroatoms. The molecule has 2 rings (SSSR count). The van der Waals surface area contributed by atoms with Crippen LogP contribution in [0.15, 0.2) is 29.6 Å². The molecular weight excluding hydrogens is 303 g/mol. The number of carboxylic acid groups (broad SMARTS) is 1. The Kier molecular flexibility index (Phi) is 3.94. The Bertz CT molecular complexity index is 743. The fourth-order valence-electron chi connectivity index (χ4n) is 1.54. The van der Waals surface area contributed by atoms with Gasteiger partial charge < -0.3 is 10.4 Å². The lowest BCUT2D eigenvalue weighted by atomic mass is 10.2. The van der Waals surface area contributed by atoms with Crippen LogP contribution < -0.4 is 5.32 Å². The number of carbonyl (C=O) groups excluding carboxylic acids is 1. The third-order valence-electron chi connectivity index (χ3n) is 2.53. The summed E-state index contributed by atoms with van der Waals surface area (Å²) in [5.74, 6) is -3.03. The number of thiophene rings is 1. The lowest BCUT2D eigenvalue weighted by molar-refractivity contribution is -0.387. The third kappa shape index (κ3) is 3.03. The topological polar surface area (TPSA) is 110 Å². The molecule has 21 heavy (non-hydrogen) atoms.